The molecule has 0 bridgehead atoms. The van der Waals surface area contributed by atoms with E-state index in [1.54, 1.807) is 23.9 Å². The van der Waals surface area contributed by atoms with E-state index in [-0.39, 0.29) is 6.04 Å². The highest BCUT2D eigenvalue weighted by Crippen LogP contribution is 2.46. The van der Waals surface area contributed by atoms with Gasteiger partial charge in [0.25, 0.3) is 0 Å². The van der Waals surface area contributed by atoms with Crippen molar-refractivity contribution in [3.05, 3.63) is 80.5 Å². The second kappa shape index (κ2) is 8.09. The number of benzene rings is 1. The number of aryl methyl sites for hydroxylation is 2. The van der Waals surface area contributed by atoms with E-state index in [0.717, 1.165) is 61.3 Å². The number of nitrogens with zero attached hydrogens (tertiary/aromatic N) is 4. The molecule has 32 heavy (non-hydrogen) atoms. The lowest BCUT2D eigenvalue weighted by Crippen LogP contribution is -2.06. The molecule has 1 aliphatic rings. The van der Waals surface area contributed by atoms with Gasteiger partial charge >= 0.3 is 0 Å². The fourth-order valence-electron chi connectivity index (χ4n) is 3.97. The first-order chi connectivity index (χ1) is 15.5. The number of halogens is 1. The van der Waals surface area contributed by atoms with Gasteiger partial charge in [-0.3, -0.25) is 4.99 Å². The lowest BCUT2D eigenvalue weighted by Gasteiger charge is -2.11. The van der Waals surface area contributed by atoms with E-state index in [2.05, 4.69) is 35.8 Å². The van der Waals surface area contributed by atoms with Gasteiger partial charge in [-0.2, -0.15) is 0 Å². The van der Waals surface area contributed by atoms with Crippen LogP contribution in [0.15, 0.2) is 46.3 Å². The normalized spacial score (nSPS) is 14.8. The molecule has 1 aromatic carbocycles. The molecule has 0 spiro atoms. The molecule has 0 N–H and O–H groups in total. The highest BCUT2D eigenvalue weighted by Gasteiger charge is 2.32. The zero-order valence-electron chi connectivity index (χ0n) is 18.2. The van der Waals surface area contributed by atoms with E-state index in [1.165, 1.54) is 0 Å². The summed E-state index contributed by atoms with van der Waals surface area (Å²) in [6, 6.07) is 7.75. The monoisotopic (exact) mass is 460 g/mol. The second-order valence-electron chi connectivity index (χ2n) is 7.82. The minimum Gasteiger partial charge on any atom is -0.358 e. The largest absolute Gasteiger partial charge is 0.358 e. The number of thiophene rings is 1. The van der Waals surface area contributed by atoms with Crippen molar-refractivity contribution in [3.63, 3.8) is 0 Å². The number of aromatic nitrogens is 3. The summed E-state index contributed by atoms with van der Waals surface area (Å²) >= 11 is 7.84. The maximum absolute atomic E-state index is 6.17. The predicted octanol–water partition coefficient (Wildman–Crippen LogP) is 6.11. The predicted molar refractivity (Wildman–Crippen MR) is 129 cm³/mol. The van der Waals surface area contributed by atoms with Gasteiger partial charge in [0.1, 0.15) is 11.7 Å². The smallest absolute Gasteiger partial charge is 0.170 e. The number of imidazole rings is 1. The fraction of sp³-hybridized carbons (Fsp3) is 0.240. The molecule has 160 valence electrons. The Balaban J connectivity index is 1.76. The van der Waals surface area contributed by atoms with E-state index in [9.17, 15) is 0 Å². The fourth-order valence-corrected chi connectivity index (χ4v) is 5.36. The van der Waals surface area contributed by atoms with Crippen LogP contribution in [0.4, 0.5) is 0 Å². The van der Waals surface area contributed by atoms with Crippen LogP contribution in [0.25, 0.3) is 10.4 Å². The van der Waals surface area contributed by atoms with E-state index in [4.69, 9.17) is 21.1 Å². The molecule has 0 unspecified atom stereocenters. The third kappa shape index (κ3) is 3.38. The Morgan fingerprint density at radius 2 is 1.94 bits per heavy atom. The third-order valence-electron chi connectivity index (χ3n) is 5.71. The lowest BCUT2D eigenvalue weighted by molar-refractivity contribution is 0.357. The molecule has 1 atom stereocenters. The molecule has 5 nitrogen and oxygen atoms in total. The summed E-state index contributed by atoms with van der Waals surface area (Å²) in [6.07, 6.45) is 4.35. The maximum atomic E-state index is 6.17. The van der Waals surface area contributed by atoms with E-state index >= 15 is 0 Å². The van der Waals surface area contributed by atoms with Gasteiger partial charge < -0.3 is 9.09 Å². The Bertz CT molecular complexity index is 1410. The molecular weight excluding hydrogens is 440 g/mol. The first-order valence-corrected chi connectivity index (χ1v) is 11.6. The van der Waals surface area contributed by atoms with Crippen molar-refractivity contribution in [2.45, 2.75) is 33.2 Å². The van der Waals surface area contributed by atoms with Crippen molar-refractivity contribution < 1.29 is 4.52 Å². The van der Waals surface area contributed by atoms with Crippen molar-refractivity contribution in [3.8, 4) is 22.3 Å². The van der Waals surface area contributed by atoms with Gasteiger partial charge in [0.2, 0.25) is 0 Å². The number of aliphatic imine (C=N–C) groups is 1. The average molecular weight is 461 g/mol. The zero-order valence-corrected chi connectivity index (χ0v) is 19.8. The number of fused-ring (bicyclic) bond motifs is 3. The molecule has 0 saturated heterocycles. The molecule has 0 radical (unpaired) electrons. The molecule has 7 heteroatoms. The Labute approximate surface area is 195 Å². The van der Waals surface area contributed by atoms with Crippen LogP contribution in [0.3, 0.4) is 0 Å². The lowest BCUT2D eigenvalue weighted by atomic mass is 9.96. The van der Waals surface area contributed by atoms with Crippen LogP contribution in [-0.2, 0) is 7.05 Å². The molecule has 0 fully saturated rings. The topological polar surface area (TPSA) is 56.2 Å². The Morgan fingerprint density at radius 3 is 2.62 bits per heavy atom. The van der Waals surface area contributed by atoms with Crippen LogP contribution >= 0.6 is 22.9 Å². The standard InChI is InChI=1S/C25H21ClN4OS/c1-5-19-24-22(15(3)29-31-24)25-21(23(28-19)16-6-8-17(26)9-7-16)14(2)20(32-25)11-10-18-12-27-13-30(18)4/h6-9,12-13,19H,5H2,1-4H3/t19-/m0/s1. The molecule has 4 heterocycles. The summed E-state index contributed by atoms with van der Waals surface area (Å²) in [4.78, 5) is 11.4. The molecule has 0 saturated carbocycles. The van der Waals surface area contributed by atoms with E-state index in [1.807, 2.05) is 42.8 Å². The van der Waals surface area contributed by atoms with Gasteiger partial charge in [0.15, 0.2) is 5.76 Å². The summed E-state index contributed by atoms with van der Waals surface area (Å²) in [5, 5.41) is 4.98. The quantitative estimate of drug-likeness (QED) is 0.339. The summed E-state index contributed by atoms with van der Waals surface area (Å²) in [6.45, 7) is 6.22. The van der Waals surface area contributed by atoms with Crippen molar-refractivity contribution >= 4 is 28.6 Å². The number of rotatable bonds is 2. The molecule has 5 rings (SSSR count). The SMILES string of the molecule is CC[C@@H]1N=C(c2ccc(Cl)cc2)c2c(sc(C#Cc3cncn3C)c2C)-c2c(C)noc21. The Hall–Kier alpha value is -3.14. The van der Waals surface area contributed by atoms with Crippen molar-refractivity contribution in [1.29, 1.82) is 0 Å². The average Bonchev–Trinajstić information content (AvgIpc) is 3.43. The summed E-state index contributed by atoms with van der Waals surface area (Å²) in [5.74, 6) is 7.44. The second-order valence-corrected chi connectivity index (χ2v) is 9.27. The number of hydrogen-bond acceptors (Lipinski definition) is 5. The first kappa shape index (κ1) is 20.7. The van der Waals surface area contributed by atoms with E-state index in [0.29, 0.717) is 5.02 Å². The van der Waals surface area contributed by atoms with Crippen LogP contribution in [0.2, 0.25) is 5.02 Å². The molecule has 4 aromatic rings. The van der Waals surface area contributed by atoms with Crippen LogP contribution in [0, 0.1) is 25.7 Å². The Morgan fingerprint density at radius 1 is 1.16 bits per heavy atom. The highest BCUT2D eigenvalue weighted by atomic mass is 35.5. The van der Waals surface area contributed by atoms with Gasteiger partial charge in [0.05, 0.1) is 39.2 Å². The maximum Gasteiger partial charge on any atom is 0.170 e. The molecule has 0 aliphatic carbocycles. The van der Waals surface area contributed by atoms with Crippen LogP contribution in [-0.4, -0.2) is 20.4 Å². The van der Waals surface area contributed by atoms with Crippen molar-refractivity contribution in [2.24, 2.45) is 12.0 Å². The van der Waals surface area contributed by atoms with Crippen LogP contribution in [0.5, 0.6) is 0 Å². The van der Waals surface area contributed by atoms with Crippen molar-refractivity contribution in [2.75, 3.05) is 0 Å². The van der Waals surface area contributed by atoms with Gasteiger partial charge in [-0.1, -0.05) is 35.8 Å². The summed E-state index contributed by atoms with van der Waals surface area (Å²) < 4.78 is 7.71. The van der Waals surface area contributed by atoms with Crippen molar-refractivity contribution in [1.82, 2.24) is 14.7 Å². The number of hydrogen-bond donors (Lipinski definition) is 0. The van der Waals surface area contributed by atoms with Gasteiger partial charge in [-0.25, -0.2) is 4.98 Å². The Kier molecular flexibility index (Phi) is 5.24. The van der Waals surface area contributed by atoms with Crippen LogP contribution in [0.1, 0.15) is 58.1 Å². The summed E-state index contributed by atoms with van der Waals surface area (Å²) in [5.41, 5.74) is 6.95. The summed E-state index contributed by atoms with van der Waals surface area (Å²) in [7, 11) is 1.94. The van der Waals surface area contributed by atoms with E-state index < -0.39 is 0 Å². The minimum atomic E-state index is -0.0974. The molecule has 0 amide bonds. The first-order valence-electron chi connectivity index (χ1n) is 10.4. The molecule has 1 aliphatic heterocycles. The third-order valence-corrected chi connectivity index (χ3v) is 7.19. The van der Waals surface area contributed by atoms with Gasteiger partial charge in [0, 0.05) is 23.2 Å². The minimum absolute atomic E-state index is 0.0974. The molecular formula is C25H21ClN4OS. The van der Waals surface area contributed by atoms with Gasteiger partial charge in [-0.05, 0) is 49.8 Å². The van der Waals surface area contributed by atoms with Gasteiger partial charge in [-0.15, -0.1) is 11.3 Å². The van der Waals surface area contributed by atoms with Crippen LogP contribution < -0.4 is 0 Å². The molecule has 3 aromatic heterocycles. The zero-order chi connectivity index (χ0) is 22.4. The highest BCUT2D eigenvalue weighted by molar-refractivity contribution is 7.16.